The molecule has 1 saturated heterocycles. The highest BCUT2D eigenvalue weighted by molar-refractivity contribution is 5.89. The topological polar surface area (TPSA) is 132 Å². The van der Waals surface area contributed by atoms with Crippen molar-refractivity contribution in [2.75, 3.05) is 6.54 Å². The summed E-state index contributed by atoms with van der Waals surface area (Å²) in [6.07, 6.45) is 1.01. The zero-order valence-electron chi connectivity index (χ0n) is 18.5. The molecule has 1 aliphatic rings. The lowest BCUT2D eigenvalue weighted by molar-refractivity contribution is -0.385. The molecule has 3 rings (SSSR count). The van der Waals surface area contributed by atoms with E-state index in [0.29, 0.717) is 5.69 Å². The molecule has 1 N–H and O–H groups in total. The number of para-hydroxylation sites is 1. The van der Waals surface area contributed by atoms with Crippen LogP contribution in [0.2, 0.25) is 0 Å². The van der Waals surface area contributed by atoms with Gasteiger partial charge in [0.05, 0.1) is 47.2 Å². The minimum Gasteiger partial charge on any atom is -0.463 e. The zero-order chi connectivity index (χ0) is 24.0. The number of amides is 2. The maximum absolute atomic E-state index is 13.0. The smallest absolute Gasteiger partial charge is 0.308 e. The molecule has 2 unspecified atom stereocenters. The molecule has 10 nitrogen and oxygen atoms in total. The summed E-state index contributed by atoms with van der Waals surface area (Å²) in [5.74, 6) is -1.87. The van der Waals surface area contributed by atoms with E-state index in [-0.39, 0.29) is 49.2 Å². The van der Waals surface area contributed by atoms with Crippen molar-refractivity contribution in [2.24, 2.45) is 5.92 Å². The fourth-order valence-electron chi connectivity index (χ4n) is 3.74. The molecule has 2 amide bonds. The summed E-state index contributed by atoms with van der Waals surface area (Å²) in [6, 6.07) is 10.4. The van der Waals surface area contributed by atoms with E-state index in [4.69, 9.17) is 4.74 Å². The molecule has 0 bridgehead atoms. The van der Waals surface area contributed by atoms with Crippen molar-refractivity contribution in [3.63, 3.8) is 0 Å². The Kier molecular flexibility index (Phi) is 7.70. The van der Waals surface area contributed by atoms with Crippen molar-refractivity contribution in [1.82, 2.24) is 15.2 Å². The highest BCUT2D eigenvalue weighted by Crippen LogP contribution is 2.29. The molecule has 2 atom stereocenters. The maximum Gasteiger partial charge on any atom is 0.308 e. The maximum atomic E-state index is 13.0. The van der Waals surface area contributed by atoms with Crippen molar-refractivity contribution >= 4 is 23.5 Å². The second-order valence-corrected chi connectivity index (χ2v) is 8.12. The highest BCUT2D eigenvalue weighted by atomic mass is 16.6. The Hall–Kier alpha value is -3.82. The number of pyridine rings is 1. The second-order valence-electron chi connectivity index (χ2n) is 8.12. The van der Waals surface area contributed by atoms with Crippen LogP contribution in [0.4, 0.5) is 5.69 Å². The summed E-state index contributed by atoms with van der Waals surface area (Å²) in [5, 5.41) is 14.3. The summed E-state index contributed by atoms with van der Waals surface area (Å²) >= 11 is 0. The molecule has 1 fully saturated rings. The first-order valence-electron chi connectivity index (χ1n) is 10.7. The van der Waals surface area contributed by atoms with Crippen molar-refractivity contribution in [3.05, 3.63) is 70.0 Å². The van der Waals surface area contributed by atoms with Gasteiger partial charge < -0.3 is 15.0 Å². The van der Waals surface area contributed by atoms with Crippen LogP contribution in [0.15, 0.2) is 48.7 Å². The number of aromatic nitrogens is 1. The number of ether oxygens (including phenoxy) is 1. The largest absolute Gasteiger partial charge is 0.463 e. The number of carbonyl (C=O) groups excluding carboxylic acids is 3. The predicted molar refractivity (Wildman–Crippen MR) is 118 cm³/mol. The lowest BCUT2D eigenvalue weighted by Crippen LogP contribution is -2.37. The normalized spacial score (nSPS) is 16.5. The van der Waals surface area contributed by atoms with Gasteiger partial charge in [0, 0.05) is 25.2 Å². The number of hydrogen-bond acceptors (Lipinski definition) is 7. The molecule has 1 aliphatic heterocycles. The summed E-state index contributed by atoms with van der Waals surface area (Å²) < 4.78 is 5.18. The monoisotopic (exact) mass is 454 g/mol. The van der Waals surface area contributed by atoms with Crippen LogP contribution in [0.1, 0.15) is 44.0 Å². The molecule has 0 saturated carbocycles. The van der Waals surface area contributed by atoms with Gasteiger partial charge in [-0.1, -0.05) is 24.3 Å². The summed E-state index contributed by atoms with van der Waals surface area (Å²) in [4.78, 5) is 54.5. The van der Waals surface area contributed by atoms with Crippen LogP contribution < -0.4 is 5.32 Å². The first-order valence-corrected chi connectivity index (χ1v) is 10.7. The lowest BCUT2D eigenvalue weighted by Gasteiger charge is -2.21. The number of nitrogens with zero attached hydrogens (tertiary/aromatic N) is 3. The van der Waals surface area contributed by atoms with Gasteiger partial charge in [-0.3, -0.25) is 29.5 Å². The minimum atomic E-state index is -0.967. The number of benzene rings is 1. The van der Waals surface area contributed by atoms with Crippen LogP contribution in [0.5, 0.6) is 0 Å². The van der Waals surface area contributed by atoms with Crippen molar-refractivity contribution in [1.29, 1.82) is 0 Å². The predicted octanol–water partition coefficient (Wildman–Crippen LogP) is 2.54. The van der Waals surface area contributed by atoms with Gasteiger partial charge in [0.25, 0.3) is 5.69 Å². The first kappa shape index (κ1) is 23.8. The van der Waals surface area contributed by atoms with Gasteiger partial charge >= 0.3 is 5.97 Å². The van der Waals surface area contributed by atoms with Crippen LogP contribution in [0.3, 0.4) is 0 Å². The third-order valence-electron chi connectivity index (χ3n) is 5.23. The first-order chi connectivity index (χ1) is 15.7. The number of carbonyl (C=O) groups is 3. The van der Waals surface area contributed by atoms with E-state index in [1.165, 1.54) is 18.2 Å². The molecular formula is C23H26N4O6. The van der Waals surface area contributed by atoms with Gasteiger partial charge in [0.15, 0.2) is 0 Å². The fourth-order valence-corrected chi connectivity index (χ4v) is 3.74. The molecule has 1 aromatic heterocycles. The SMILES string of the molecule is CC(C)OC(=O)CC(NC(=O)C1CC(=O)N(Cc2ccccn2)C1)c1ccccc1[N+](=O)[O-]. The van der Waals surface area contributed by atoms with E-state index < -0.39 is 28.8 Å². The Bertz CT molecular complexity index is 1030. The van der Waals surface area contributed by atoms with Gasteiger partial charge in [0.2, 0.25) is 11.8 Å². The molecule has 0 radical (unpaired) electrons. The number of nitrogens with one attached hydrogen (secondary N) is 1. The van der Waals surface area contributed by atoms with Crippen LogP contribution in [0, 0.1) is 16.0 Å². The van der Waals surface area contributed by atoms with Gasteiger partial charge in [-0.2, -0.15) is 0 Å². The Morgan fingerprint density at radius 3 is 2.64 bits per heavy atom. The molecule has 174 valence electrons. The van der Waals surface area contributed by atoms with E-state index in [1.54, 1.807) is 43.1 Å². The Morgan fingerprint density at radius 2 is 1.97 bits per heavy atom. The average Bonchev–Trinajstić information content (AvgIpc) is 3.13. The van der Waals surface area contributed by atoms with Crippen LogP contribution >= 0.6 is 0 Å². The molecule has 1 aromatic carbocycles. The quantitative estimate of drug-likeness (QED) is 0.350. The van der Waals surface area contributed by atoms with Crippen molar-refractivity contribution in [3.8, 4) is 0 Å². The Morgan fingerprint density at radius 1 is 1.24 bits per heavy atom. The molecule has 0 spiro atoms. The number of nitro benzene ring substituents is 1. The standard InChI is InChI=1S/C23H26N4O6/c1-15(2)33-22(29)12-19(18-8-3-4-9-20(18)27(31)32)25-23(30)16-11-21(28)26(13-16)14-17-7-5-6-10-24-17/h3-10,15-16,19H,11-14H2,1-2H3,(H,25,30). The summed E-state index contributed by atoms with van der Waals surface area (Å²) in [7, 11) is 0. The van der Waals surface area contributed by atoms with E-state index >= 15 is 0 Å². The average molecular weight is 454 g/mol. The van der Waals surface area contributed by atoms with E-state index in [2.05, 4.69) is 10.3 Å². The summed E-state index contributed by atoms with van der Waals surface area (Å²) in [6.45, 7) is 3.87. The zero-order valence-corrected chi connectivity index (χ0v) is 18.5. The fraction of sp³-hybridized carbons (Fsp3) is 0.391. The molecular weight excluding hydrogens is 428 g/mol. The minimum absolute atomic E-state index is 0.0126. The highest BCUT2D eigenvalue weighted by Gasteiger charge is 2.36. The van der Waals surface area contributed by atoms with Crippen LogP contribution in [-0.2, 0) is 25.7 Å². The second kappa shape index (κ2) is 10.7. The van der Waals surface area contributed by atoms with Gasteiger partial charge in [-0.15, -0.1) is 0 Å². The third kappa shape index (κ3) is 6.34. The molecule has 2 aromatic rings. The van der Waals surface area contributed by atoms with Crippen molar-refractivity contribution < 1.29 is 24.0 Å². The van der Waals surface area contributed by atoms with E-state index in [1.807, 2.05) is 6.07 Å². The van der Waals surface area contributed by atoms with Gasteiger partial charge in [-0.25, -0.2) is 0 Å². The van der Waals surface area contributed by atoms with Crippen molar-refractivity contribution in [2.45, 2.75) is 45.4 Å². The number of hydrogen-bond donors (Lipinski definition) is 1. The van der Waals surface area contributed by atoms with Gasteiger partial charge in [0.1, 0.15) is 0 Å². The summed E-state index contributed by atoms with van der Waals surface area (Å²) in [5.41, 5.74) is 0.701. The molecule has 10 heteroatoms. The number of nitro groups is 1. The Labute approximate surface area is 191 Å². The van der Waals surface area contributed by atoms with E-state index in [9.17, 15) is 24.5 Å². The lowest BCUT2D eigenvalue weighted by atomic mass is 9.99. The van der Waals surface area contributed by atoms with Gasteiger partial charge in [-0.05, 0) is 26.0 Å². The molecule has 33 heavy (non-hydrogen) atoms. The van der Waals surface area contributed by atoms with Crippen LogP contribution in [0.25, 0.3) is 0 Å². The molecule has 2 heterocycles. The molecule has 0 aliphatic carbocycles. The van der Waals surface area contributed by atoms with E-state index in [0.717, 1.165) is 0 Å². The Balaban J connectivity index is 1.75. The number of rotatable bonds is 9. The third-order valence-corrected chi connectivity index (χ3v) is 5.23. The number of esters is 1. The number of likely N-dealkylation sites (tertiary alicyclic amines) is 1. The van der Waals surface area contributed by atoms with Crippen LogP contribution in [-0.4, -0.2) is 45.2 Å².